The van der Waals surface area contributed by atoms with Crippen molar-refractivity contribution in [1.82, 2.24) is 20.2 Å². The van der Waals surface area contributed by atoms with Gasteiger partial charge in [0, 0.05) is 18.0 Å². The van der Waals surface area contributed by atoms with Crippen molar-refractivity contribution in [3.05, 3.63) is 30.4 Å². The average Bonchev–Trinajstić information content (AvgIpc) is 2.67. The molecule has 66 valence electrons. The zero-order chi connectivity index (χ0) is 9.10. The predicted molar refractivity (Wildman–Crippen MR) is 47.5 cm³/mol. The second kappa shape index (κ2) is 3.32. The van der Waals surface area contributed by atoms with E-state index < -0.39 is 0 Å². The van der Waals surface area contributed by atoms with Gasteiger partial charge in [0.1, 0.15) is 5.82 Å². The number of nitrogens with one attached hydrogen (secondary N) is 1. The lowest BCUT2D eigenvalue weighted by Gasteiger charge is -1.90. The van der Waals surface area contributed by atoms with Crippen molar-refractivity contribution in [2.45, 2.75) is 6.54 Å². The summed E-state index contributed by atoms with van der Waals surface area (Å²) in [5.41, 5.74) is 6.28. The van der Waals surface area contributed by atoms with E-state index in [9.17, 15) is 0 Å². The van der Waals surface area contributed by atoms with E-state index in [1.807, 2.05) is 12.1 Å². The third-order valence-corrected chi connectivity index (χ3v) is 1.64. The van der Waals surface area contributed by atoms with Crippen LogP contribution in [-0.2, 0) is 6.54 Å². The van der Waals surface area contributed by atoms with Crippen molar-refractivity contribution in [2.75, 3.05) is 0 Å². The van der Waals surface area contributed by atoms with Gasteiger partial charge in [-0.25, -0.2) is 4.98 Å². The zero-order valence-electron chi connectivity index (χ0n) is 6.94. The molecule has 0 fully saturated rings. The monoisotopic (exact) mass is 175 g/mol. The molecule has 0 radical (unpaired) electrons. The second-order valence-electron chi connectivity index (χ2n) is 2.55. The summed E-state index contributed by atoms with van der Waals surface area (Å²) in [6, 6.07) is 3.74. The molecule has 0 atom stereocenters. The number of hydrogen-bond donors (Lipinski definition) is 2. The number of nitrogens with zero attached hydrogens (tertiary/aromatic N) is 3. The van der Waals surface area contributed by atoms with Crippen LogP contribution in [0.25, 0.3) is 11.4 Å². The number of H-pyrrole nitrogens is 1. The summed E-state index contributed by atoms with van der Waals surface area (Å²) in [6.07, 6.45) is 3.42. The maximum atomic E-state index is 5.39. The molecule has 3 N–H and O–H groups in total. The Kier molecular flexibility index (Phi) is 2.01. The smallest absolute Gasteiger partial charge is 0.182 e. The van der Waals surface area contributed by atoms with Crippen molar-refractivity contribution in [3.63, 3.8) is 0 Å². The van der Waals surface area contributed by atoms with Crippen LogP contribution in [0.1, 0.15) is 5.82 Å². The first-order valence-electron chi connectivity index (χ1n) is 3.92. The predicted octanol–water partition coefficient (Wildman–Crippen LogP) is 0.325. The number of hydrogen-bond acceptors (Lipinski definition) is 4. The highest BCUT2D eigenvalue weighted by atomic mass is 15.2. The molecule has 5 heteroatoms. The minimum Gasteiger partial charge on any atom is -0.324 e. The van der Waals surface area contributed by atoms with Gasteiger partial charge in [-0.3, -0.25) is 10.1 Å². The molecule has 2 aromatic rings. The standard InChI is InChI=1S/C8H9N5/c9-4-7-11-8(13-12-7)6-2-1-3-10-5-6/h1-3,5H,4,9H2,(H,11,12,13). The van der Waals surface area contributed by atoms with Gasteiger partial charge in [0.25, 0.3) is 0 Å². The topological polar surface area (TPSA) is 80.5 Å². The molecule has 2 heterocycles. The zero-order valence-corrected chi connectivity index (χ0v) is 6.94. The molecular formula is C8H9N5. The van der Waals surface area contributed by atoms with Crippen LogP contribution in [0.4, 0.5) is 0 Å². The van der Waals surface area contributed by atoms with Crippen LogP contribution >= 0.6 is 0 Å². The fraction of sp³-hybridized carbons (Fsp3) is 0.125. The van der Waals surface area contributed by atoms with E-state index in [1.165, 1.54) is 0 Å². The van der Waals surface area contributed by atoms with Gasteiger partial charge in [0.2, 0.25) is 0 Å². The SMILES string of the molecule is NCc1nc(-c2cccnc2)n[nH]1. The van der Waals surface area contributed by atoms with E-state index in [-0.39, 0.29) is 0 Å². The van der Waals surface area contributed by atoms with E-state index in [0.29, 0.717) is 18.2 Å². The van der Waals surface area contributed by atoms with Crippen molar-refractivity contribution in [3.8, 4) is 11.4 Å². The summed E-state index contributed by atoms with van der Waals surface area (Å²) in [7, 11) is 0. The molecular weight excluding hydrogens is 166 g/mol. The van der Waals surface area contributed by atoms with Gasteiger partial charge in [0.05, 0.1) is 6.54 Å². The summed E-state index contributed by atoms with van der Waals surface area (Å²) in [6.45, 7) is 0.368. The van der Waals surface area contributed by atoms with Crippen molar-refractivity contribution in [1.29, 1.82) is 0 Å². The molecule has 0 aromatic carbocycles. The number of aromatic amines is 1. The summed E-state index contributed by atoms with van der Waals surface area (Å²) >= 11 is 0. The maximum Gasteiger partial charge on any atom is 0.182 e. The molecule has 5 nitrogen and oxygen atoms in total. The summed E-state index contributed by atoms with van der Waals surface area (Å²) in [5, 5.41) is 6.74. The minimum absolute atomic E-state index is 0.368. The van der Waals surface area contributed by atoms with Crippen molar-refractivity contribution in [2.24, 2.45) is 5.73 Å². The highest BCUT2D eigenvalue weighted by molar-refractivity contribution is 5.52. The lowest BCUT2D eigenvalue weighted by Crippen LogP contribution is -1.97. The Balaban J connectivity index is 2.36. The van der Waals surface area contributed by atoms with E-state index in [0.717, 1.165) is 5.56 Å². The lowest BCUT2D eigenvalue weighted by atomic mass is 10.3. The molecule has 0 saturated heterocycles. The normalized spacial score (nSPS) is 10.2. The average molecular weight is 175 g/mol. The Morgan fingerprint density at radius 1 is 1.46 bits per heavy atom. The molecule has 0 aliphatic heterocycles. The number of rotatable bonds is 2. The number of aromatic nitrogens is 4. The molecule has 0 saturated carbocycles. The first-order valence-corrected chi connectivity index (χ1v) is 3.92. The highest BCUT2D eigenvalue weighted by Gasteiger charge is 2.03. The molecule has 2 rings (SSSR count). The van der Waals surface area contributed by atoms with Crippen LogP contribution in [0.15, 0.2) is 24.5 Å². The van der Waals surface area contributed by atoms with Gasteiger partial charge in [0.15, 0.2) is 5.82 Å². The quantitative estimate of drug-likeness (QED) is 0.689. The molecule has 0 amide bonds. The molecule has 0 bridgehead atoms. The lowest BCUT2D eigenvalue weighted by molar-refractivity contribution is 0.917. The Bertz CT molecular complexity index is 380. The van der Waals surface area contributed by atoms with Crippen LogP contribution in [0.3, 0.4) is 0 Å². The first kappa shape index (κ1) is 7.88. The van der Waals surface area contributed by atoms with Crippen LogP contribution in [0.2, 0.25) is 0 Å². The highest BCUT2D eigenvalue weighted by Crippen LogP contribution is 2.11. The Morgan fingerprint density at radius 2 is 2.38 bits per heavy atom. The molecule has 13 heavy (non-hydrogen) atoms. The number of pyridine rings is 1. The van der Waals surface area contributed by atoms with E-state index >= 15 is 0 Å². The van der Waals surface area contributed by atoms with Crippen LogP contribution in [0.5, 0.6) is 0 Å². The molecule has 0 aliphatic rings. The fourth-order valence-corrected chi connectivity index (χ4v) is 1.01. The van der Waals surface area contributed by atoms with Crippen molar-refractivity contribution >= 4 is 0 Å². The summed E-state index contributed by atoms with van der Waals surface area (Å²) < 4.78 is 0. The van der Waals surface area contributed by atoms with E-state index in [1.54, 1.807) is 12.4 Å². The van der Waals surface area contributed by atoms with Crippen molar-refractivity contribution < 1.29 is 0 Å². The first-order chi connectivity index (χ1) is 6.40. The summed E-state index contributed by atoms with van der Waals surface area (Å²) in [5.74, 6) is 1.31. The Labute approximate surface area is 75.0 Å². The summed E-state index contributed by atoms with van der Waals surface area (Å²) in [4.78, 5) is 8.14. The maximum absolute atomic E-state index is 5.39. The third kappa shape index (κ3) is 1.54. The Hall–Kier alpha value is -1.75. The second-order valence-corrected chi connectivity index (χ2v) is 2.55. The van der Waals surface area contributed by atoms with Gasteiger partial charge in [-0.05, 0) is 12.1 Å². The van der Waals surface area contributed by atoms with Gasteiger partial charge in [-0.1, -0.05) is 0 Å². The molecule has 2 aromatic heterocycles. The number of nitrogens with two attached hydrogens (primary N) is 1. The van der Waals surface area contributed by atoms with Gasteiger partial charge >= 0.3 is 0 Å². The van der Waals surface area contributed by atoms with E-state index in [4.69, 9.17) is 5.73 Å². The largest absolute Gasteiger partial charge is 0.324 e. The van der Waals surface area contributed by atoms with Gasteiger partial charge < -0.3 is 5.73 Å². The molecule has 0 spiro atoms. The molecule has 0 unspecified atom stereocenters. The van der Waals surface area contributed by atoms with Crippen LogP contribution < -0.4 is 5.73 Å². The van der Waals surface area contributed by atoms with Crippen LogP contribution in [-0.4, -0.2) is 20.2 Å². The molecule has 0 aliphatic carbocycles. The van der Waals surface area contributed by atoms with Crippen LogP contribution in [0, 0.1) is 0 Å². The van der Waals surface area contributed by atoms with Gasteiger partial charge in [-0.2, -0.15) is 5.10 Å². The Morgan fingerprint density at radius 3 is 3.00 bits per heavy atom. The third-order valence-electron chi connectivity index (χ3n) is 1.64. The fourth-order valence-electron chi connectivity index (χ4n) is 1.01. The van der Waals surface area contributed by atoms with E-state index in [2.05, 4.69) is 20.2 Å². The van der Waals surface area contributed by atoms with Gasteiger partial charge in [-0.15, -0.1) is 0 Å². The minimum atomic E-state index is 0.368.